The van der Waals surface area contributed by atoms with E-state index in [-0.39, 0.29) is 12.0 Å². The SMILES string of the molecule is CCOC1CCCN(C(=O)c2cc(Cl)ccc2I)C1. The van der Waals surface area contributed by atoms with Crippen LogP contribution in [0.15, 0.2) is 18.2 Å². The molecule has 1 aliphatic rings. The summed E-state index contributed by atoms with van der Waals surface area (Å²) in [5.41, 5.74) is 0.685. The smallest absolute Gasteiger partial charge is 0.255 e. The van der Waals surface area contributed by atoms with Gasteiger partial charge in [0.25, 0.3) is 5.91 Å². The largest absolute Gasteiger partial charge is 0.377 e. The van der Waals surface area contributed by atoms with Crippen LogP contribution in [-0.4, -0.2) is 36.6 Å². The van der Waals surface area contributed by atoms with Crippen molar-refractivity contribution >= 4 is 40.1 Å². The Labute approximate surface area is 132 Å². The Morgan fingerprint density at radius 3 is 3.11 bits per heavy atom. The molecule has 0 spiro atoms. The fourth-order valence-electron chi connectivity index (χ4n) is 2.33. The first-order valence-electron chi connectivity index (χ1n) is 6.47. The van der Waals surface area contributed by atoms with Crippen LogP contribution < -0.4 is 0 Å². The summed E-state index contributed by atoms with van der Waals surface area (Å²) in [5.74, 6) is 0.0521. The molecule has 5 heteroatoms. The standard InChI is InChI=1S/C14H17ClINO2/c1-2-19-11-4-3-7-17(9-11)14(18)12-8-10(15)5-6-13(12)16/h5-6,8,11H,2-4,7,9H2,1H3. The molecule has 1 saturated heterocycles. The molecule has 1 amide bonds. The molecule has 1 aliphatic heterocycles. The summed E-state index contributed by atoms with van der Waals surface area (Å²) >= 11 is 8.15. The highest BCUT2D eigenvalue weighted by Crippen LogP contribution is 2.22. The molecule has 1 aromatic rings. The molecule has 0 aliphatic carbocycles. The van der Waals surface area contributed by atoms with Crippen LogP contribution in [0.25, 0.3) is 0 Å². The molecule has 19 heavy (non-hydrogen) atoms. The summed E-state index contributed by atoms with van der Waals surface area (Å²) in [4.78, 5) is 14.4. The molecular weight excluding hydrogens is 377 g/mol. The molecule has 1 atom stereocenters. The van der Waals surface area contributed by atoms with Crippen molar-refractivity contribution in [2.45, 2.75) is 25.9 Å². The Kier molecular flexibility index (Phi) is 5.47. The van der Waals surface area contributed by atoms with Gasteiger partial charge in [0.1, 0.15) is 0 Å². The number of benzene rings is 1. The second kappa shape index (κ2) is 6.90. The minimum atomic E-state index is 0.0521. The average Bonchev–Trinajstić information content (AvgIpc) is 2.41. The van der Waals surface area contributed by atoms with Crippen LogP contribution >= 0.6 is 34.2 Å². The number of amides is 1. The summed E-state index contributed by atoms with van der Waals surface area (Å²) in [6.45, 7) is 4.16. The second-order valence-electron chi connectivity index (χ2n) is 4.59. The number of carbonyl (C=O) groups excluding carboxylic acids is 1. The summed E-state index contributed by atoms with van der Waals surface area (Å²) in [5, 5.41) is 0.599. The molecule has 0 bridgehead atoms. The first kappa shape index (κ1) is 15.1. The Morgan fingerprint density at radius 2 is 2.37 bits per heavy atom. The third-order valence-corrected chi connectivity index (χ3v) is 4.40. The fourth-order valence-corrected chi connectivity index (χ4v) is 3.06. The molecule has 0 radical (unpaired) electrons. The number of piperidine rings is 1. The summed E-state index contributed by atoms with van der Waals surface area (Å²) < 4.78 is 6.57. The highest BCUT2D eigenvalue weighted by Gasteiger charge is 2.25. The van der Waals surface area contributed by atoms with Crippen LogP contribution in [0.4, 0.5) is 0 Å². The third kappa shape index (κ3) is 3.83. The van der Waals surface area contributed by atoms with Crippen LogP contribution in [0.3, 0.4) is 0 Å². The maximum absolute atomic E-state index is 12.5. The second-order valence-corrected chi connectivity index (χ2v) is 6.19. The summed E-state index contributed by atoms with van der Waals surface area (Å²) in [6, 6.07) is 5.43. The van der Waals surface area contributed by atoms with Gasteiger partial charge in [0.2, 0.25) is 0 Å². The van der Waals surface area contributed by atoms with Crippen LogP contribution in [0.5, 0.6) is 0 Å². The summed E-state index contributed by atoms with van der Waals surface area (Å²) in [6.07, 6.45) is 2.19. The average molecular weight is 394 g/mol. The van der Waals surface area contributed by atoms with Gasteiger partial charge in [0.15, 0.2) is 0 Å². The van der Waals surface area contributed by atoms with Gasteiger partial charge in [0.05, 0.1) is 11.7 Å². The molecule has 0 N–H and O–H groups in total. The monoisotopic (exact) mass is 393 g/mol. The van der Waals surface area contributed by atoms with Gasteiger partial charge in [-0.2, -0.15) is 0 Å². The third-order valence-electron chi connectivity index (χ3n) is 3.23. The number of rotatable bonds is 3. The topological polar surface area (TPSA) is 29.5 Å². The maximum Gasteiger partial charge on any atom is 0.255 e. The lowest BCUT2D eigenvalue weighted by atomic mass is 10.1. The van der Waals surface area contributed by atoms with Crippen molar-refractivity contribution in [1.29, 1.82) is 0 Å². The minimum absolute atomic E-state index is 0.0521. The van der Waals surface area contributed by atoms with E-state index >= 15 is 0 Å². The normalized spacial score (nSPS) is 19.5. The van der Waals surface area contributed by atoms with Gasteiger partial charge in [-0.25, -0.2) is 0 Å². The molecular formula is C14H17ClINO2. The van der Waals surface area contributed by atoms with E-state index in [0.717, 1.165) is 23.0 Å². The van der Waals surface area contributed by atoms with E-state index in [9.17, 15) is 4.79 Å². The van der Waals surface area contributed by atoms with E-state index in [2.05, 4.69) is 22.6 Å². The van der Waals surface area contributed by atoms with E-state index in [1.54, 1.807) is 12.1 Å². The van der Waals surface area contributed by atoms with Crippen molar-refractivity contribution in [2.24, 2.45) is 0 Å². The molecule has 2 rings (SSSR count). The van der Waals surface area contributed by atoms with Gasteiger partial charge < -0.3 is 9.64 Å². The van der Waals surface area contributed by atoms with E-state index in [0.29, 0.717) is 23.7 Å². The predicted octanol–water partition coefficient (Wildman–Crippen LogP) is 3.59. The molecule has 1 aromatic carbocycles. The van der Waals surface area contributed by atoms with Crippen molar-refractivity contribution in [3.05, 3.63) is 32.4 Å². The zero-order valence-corrected chi connectivity index (χ0v) is 13.8. The molecule has 1 fully saturated rings. The number of hydrogen-bond acceptors (Lipinski definition) is 2. The molecule has 1 heterocycles. The lowest BCUT2D eigenvalue weighted by molar-refractivity contribution is 0.00720. The molecule has 0 aromatic heterocycles. The Balaban J connectivity index is 2.12. The Hall–Kier alpha value is -0.330. The summed E-state index contributed by atoms with van der Waals surface area (Å²) in [7, 11) is 0. The number of ether oxygens (including phenoxy) is 1. The first-order valence-corrected chi connectivity index (χ1v) is 7.93. The van der Waals surface area contributed by atoms with Gasteiger partial charge in [-0.15, -0.1) is 0 Å². The molecule has 104 valence electrons. The molecule has 3 nitrogen and oxygen atoms in total. The van der Waals surface area contributed by atoms with Crippen LogP contribution in [-0.2, 0) is 4.74 Å². The van der Waals surface area contributed by atoms with Gasteiger partial charge in [-0.3, -0.25) is 4.79 Å². The van der Waals surface area contributed by atoms with Crippen molar-refractivity contribution in [3.63, 3.8) is 0 Å². The van der Waals surface area contributed by atoms with E-state index in [4.69, 9.17) is 16.3 Å². The maximum atomic E-state index is 12.5. The van der Waals surface area contributed by atoms with Crippen LogP contribution in [0.1, 0.15) is 30.1 Å². The van der Waals surface area contributed by atoms with E-state index in [1.807, 2.05) is 17.9 Å². The van der Waals surface area contributed by atoms with Crippen molar-refractivity contribution < 1.29 is 9.53 Å². The highest BCUT2D eigenvalue weighted by molar-refractivity contribution is 14.1. The minimum Gasteiger partial charge on any atom is -0.377 e. The highest BCUT2D eigenvalue weighted by atomic mass is 127. The zero-order valence-electron chi connectivity index (χ0n) is 10.9. The molecule has 1 unspecified atom stereocenters. The molecule has 0 saturated carbocycles. The fraction of sp³-hybridized carbons (Fsp3) is 0.500. The predicted molar refractivity (Wildman–Crippen MR) is 84.7 cm³/mol. The lowest BCUT2D eigenvalue weighted by Crippen LogP contribution is -2.43. The van der Waals surface area contributed by atoms with Crippen molar-refractivity contribution in [3.8, 4) is 0 Å². The van der Waals surface area contributed by atoms with Crippen LogP contribution in [0.2, 0.25) is 5.02 Å². The van der Waals surface area contributed by atoms with Gasteiger partial charge in [-0.05, 0) is 60.6 Å². The number of carbonyl (C=O) groups is 1. The van der Waals surface area contributed by atoms with E-state index in [1.165, 1.54) is 0 Å². The van der Waals surface area contributed by atoms with Crippen LogP contribution in [0, 0.1) is 3.57 Å². The van der Waals surface area contributed by atoms with E-state index < -0.39 is 0 Å². The lowest BCUT2D eigenvalue weighted by Gasteiger charge is -2.32. The number of nitrogens with zero attached hydrogens (tertiary/aromatic N) is 1. The quantitative estimate of drug-likeness (QED) is 0.735. The van der Waals surface area contributed by atoms with Crippen molar-refractivity contribution in [2.75, 3.05) is 19.7 Å². The number of likely N-dealkylation sites (tertiary alicyclic amines) is 1. The van der Waals surface area contributed by atoms with Gasteiger partial charge in [0, 0.05) is 28.3 Å². The number of hydrogen-bond donors (Lipinski definition) is 0. The van der Waals surface area contributed by atoms with Crippen molar-refractivity contribution in [1.82, 2.24) is 4.90 Å². The zero-order chi connectivity index (χ0) is 13.8. The number of halogens is 2. The van der Waals surface area contributed by atoms with Gasteiger partial charge >= 0.3 is 0 Å². The Bertz CT molecular complexity index is 465. The first-order chi connectivity index (χ1) is 9.11. The Morgan fingerprint density at radius 1 is 1.58 bits per heavy atom. The van der Waals surface area contributed by atoms with Gasteiger partial charge in [-0.1, -0.05) is 11.6 Å².